The van der Waals surface area contributed by atoms with E-state index in [0.717, 1.165) is 0 Å². The molecule has 130 valence electrons. The second kappa shape index (κ2) is 9.26. The lowest BCUT2D eigenvalue weighted by atomic mass is 10.1. The molecule has 0 aliphatic rings. The summed E-state index contributed by atoms with van der Waals surface area (Å²) in [6.07, 6.45) is -0.197. The van der Waals surface area contributed by atoms with Crippen molar-refractivity contribution in [3.63, 3.8) is 0 Å². The number of carbonyl (C=O) groups excluding carboxylic acids is 3. The zero-order chi connectivity index (χ0) is 18.1. The summed E-state index contributed by atoms with van der Waals surface area (Å²) in [4.78, 5) is 45.4. The molecule has 1 aromatic rings. The minimum absolute atomic E-state index is 0.0629. The molecule has 9 heteroatoms. The first kappa shape index (κ1) is 19.1. The third-order valence-corrected chi connectivity index (χ3v) is 3.03. The standard InChI is InChI=1S/C15H19N3O6/c16-10(6-7-11(17)19)13(20)18-12(14(21)22)15(23)24-8-9-4-2-1-3-5-9/h1-5,10,12H,6-8,16H2,(H2,17,19)(H,18,20)(H,21,22). The molecule has 9 nitrogen and oxygen atoms in total. The summed E-state index contributed by atoms with van der Waals surface area (Å²) in [6, 6.07) is 5.58. The monoisotopic (exact) mass is 337 g/mol. The summed E-state index contributed by atoms with van der Waals surface area (Å²) in [6.45, 7) is -0.132. The van der Waals surface area contributed by atoms with Gasteiger partial charge in [-0.1, -0.05) is 30.3 Å². The molecule has 0 radical (unpaired) electrons. The van der Waals surface area contributed by atoms with Gasteiger partial charge < -0.3 is 26.6 Å². The molecule has 2 amide bonds. The van der Waals surface area contributed by atoms with Gasteiger partial charge in [-0.2, -0.15) is 0 Å². The number of amides is 2. The number of nitrogens with two attached hydrogens (primary N) is 2. The van der Waals surface area contributed by atoms with E-state index in [1.54, 1.807) is 30.3 Å². The lowest BCUT2D eigenvalue weighted by Gasteiger charge is -2.16. The second-order valence-corrected chi connectivity index (χ2v) is 4.98. The number of hydrogen-bond donors (Lipinski definition) is 4. The van der Waals surface area contributed by atoms with E-state index in [0.29, 0.717) is 5.56 Å². The summed E-state index contributed by atoms with van der Waals surface area (Å²) in [5, 5.41) is 11.0. The molecule has 0 fully saturated rings. The number of aliphatic carboxylic acids is 1. The molecule has 24 heavy (non-hydrogen) atoms. The number of nitrogens with one attached hydrogen (secondary N) is 1. The molecule has 0 spiro atoms. The number of carboxylic acid groups (broad SMARTS) is 1. The number of ether oxygens (including phenoxy) is 1. The van der Waals surface area contributed by atoms with Gasteiger partial charge in [-0.15, -0.1) is 0 Å². The first-order valence-electron chi connectivity index (χ1n) is 7.09. The van der Waals surface area contributed by atoms with Crippen LogP contribution in [0, 0.1) is 0 Å². The highest BCUT2D eigenvalue weighted by molar-refractivity contribution is 6.02. The fourth-order valence-electron chi connectivity index (χ4n) is 1.71. The molecule has 0 saturated carbocycles. The molecular formula is C15H19N3O6. The molecule has 2 unspecified atom stereocenters. The van der Waals surface area contributed by atoms with Gasteiger partial charge in [0.25, 0.3) is 0 Å². The number of carbonyl (C=O) groups is 4. The Morgan fingerprint density at radius 2 is 1.79 bits per heavy atom. The number of primary amides is 1. The first-order valence-corrected chi connectivity index (χ1v) is 7.09. The van der Waals surface area contributed by atoms with Crippen molar-refractivity contribution in [2.75, 3.05) is 0 Å². The van der Waals surface area contributed by atoms with E-state index >= 15 is 0 Å². The molecule has 2 atom stereocenters. The van der Waals surface area contributed by atoms with Crippen molar-refractivity contribution in [1.29, 1.82) is 0 Å². The Labute approximate surface area is 137 Å². The number of esters is 1. The summed E-state index contributed by atoms with van der Waals surface area (Å²) in [7, 11) is 0. The van der Waals surface area contributed by atoms with Crippen LogP contribution in [0.15, 0.2) is 30.3 Å². The molecule has 0 aliphatic heterocycles. The molecular weight excluding hydrogens is 318 g/mol. The maximum absolute atomic E-state index is 11.8. The van der Waals surface area contributed by atoms with Crippen LogP contribution in [0.1, 0.15) is 18.4 Å². The fourth-order valence-corrected chi connectivity index (χ4v) is 1.71. The maximum atomic E-state index is 11.8. The Morgan fingerprint density at radius 3 is 2.33 bits per heavy atom. The van der Waals surface area contributed by atoms with Gasteiger partial charge in [0.05, 0.1) is 6.04 Å². The smallest absolute Gasteiger partial charge is 0.340 e. The van der Waals surface area contributed by atoms with Gasteiger partial charge in [0, 0.05) is 6.42 Å². The van der Waals surface area contributed by atoms with Gasteiger partial charge in [-0.25, -0.2) is 9.59 Å². The van der Waals surface area contributed by atoms with Crippen LogP contribution in [0.25, 0.3) is 0 Å². The van der Waals surface area contributed by atoms with E-state index in [1.807, 2.05) is 5.32 Å². The molecule has 1 rings (SSSR count). The first-order chi connectivity index (χ1) is 11.3. The summed E-state index contributed by atoms with van der Waals surface area (Å²) in [5.41, 5.74) is 11.1. The number of carboxylic acids is 1. The van der Waals surface area contributed by atoms with Crippen LogP contribution in [0.4, 0.5) is 0 Å². The SMILES string of the molecule is NC(=O)CCC(N)C(=O)NC(C(=O)O)C(=O)OCc1ccccc1. The predicted octanol–water partition coefficient (Wildman–Crippen LogP) is -1.11. The van der Waals surface area contributed by atoms with Crippen molar-refractivity contribution in [3.8, 4) is 0 Å². The van der Waals surface area contributed by atoms with E-state index < -0.39 is 35.8 Å². The van der Waals surface area contributed by atoms with Crippen LogP contribution < -0.4 is 16.8 Å². The van der Waals surface area contributed by atoms with Crippen molar-refractivity contribution >= 4 is 23.8 Å². The average Bonchev–Trinajstić information content (AvgIpc) is 2.55. The van der Waals surface area contributed by atoms with Crippen molar-refractivity contribution in [1.82, 2.24) is 5.32 Å². The average molecular weight is 337 g/mol. The minimum Gasteiger partial charge on any atom is -0.479 e. The van der Waals surface area contributed by atoms with Gasteiger partial charge in [-0.3, -0.25) is 9.59 Å². The Balaban J connectivity index is 2.59. The van der Waals surface area contributed by atoms with Crippen molar-refractivity contribution in [2.45, 2.75) is 31.5 Å². The zero-order valence-electron chi connectivity index (χ0n) is 12.8. The molecule has 0 aromatic heterocycles. The Bertz CT molecular complexity index is 604. The van der Waals surface area contributed by atoms with Crippen LogP contribution in [0.3, 0.4) is 0 Å². The van der Waals surface area contributed by atoms with Gasteiger partial charge in [0.15, 0.2) is 0 Å². The normalized spacial score (nSPS) is 12.7. The van der Waals surface area contributed by atoms with Crippen molar-refractivity contribution in [2.24, 2.45) is 11.5 Å². The highest BCUT2D eigenvalue weighted by Crippen LogP contribution is 2.03. The third kappa shape index (κ3) is 6.44. The van der Waals surface area contributed by atoms with E-state index in [2.05, 4.69) is 0 Å². The maximum Gasteiger partial charge on any atom is 0.340 e. The molecule has 6 N–H and O–H groups in total. The molecule has 0 aliphatic carbocycles. The fraction of sp³-hybridized carbons (Fsp3) is 0.333. The summed E-state index contributed by atoms with van der Waals surface area (Å²) < 4.78 is 4.88. The van der Waals surface area contributed by atoms with Crippen LogP contribution in [0.5, 0.6) is 0 Å². The van der Waals surface area contributed by atoms with Crippen LogP contribution in [-0.2, 0) is 30.5 Å². The largest absolute Gasteiger partial charge is 0.479 e. The van der Waals surface area contributed by atoms with Gasteiger partial charge in [0.2, 0.25) is 17.9 Å². The second-order valence-electron chi connectivity index (χ2n) is 4.98. The number of rotatable bonds is 9. The molecule has 1 aromatic carbocycles. The van der Waals surface area contributed by atoms with Crippen molar-refractivity contribution < 1.29 is 29.0 Å². The lowest BCUT2D eigenvalue weighted by molar-refractivity contribution is -0.158. The summed E-state index contributed by atoms with van der Waals surface area (Å²) >= 11 is 0. The van der Waals surface area contributed by atoms with Gasteiger partial charge in [-0.05, 0) is 12.0 Å². The van der Waals surface area contributed by atoms with Crippen LogP contribution in [0.2, 0.25) is 0 Å². The highest BCUT2D eigenvalue weighted by Gasteiger charge is 2.31. The van der Waals surface area contributed by atoms with Gasteiger partial charge in [0.1, 0.15) is 6.61 Å². The zero-order valence-corrected chi connectivity index (χ0v) is 12.8. The van der Waals surface area contributed by atoms with E-state index in [4.69, 9.17) is 21.3 Å². The number of hydrogen-bond acceptors (Lipinski definition) is 6. The Morgan fingerprint density at radius 1 is 1.17 bits per heavy atom. The Hall–Kier alpha value is -2.94. The van der Waals surface area contributed by atoms with Crippen LogP contribution in [-0.4, -0.2) is 40.9 Å². The highest BCUT2D eigenvalue weighted by atomic mass is 16.5. The van der Waals surface area contributed by atoms with E-state index in [1.165, 1.54) is 0 Å². The topological polar surface area (TPSA) is 162 Å². The van der Waals surface area contributed by atoms with E-state index in [-0.39, 0.29) is 19.4 Å². The van der Waals surface area contributed by atoms with Crippen molar-refractivity contribution in [3.05, 3.63) is 35.9 Å². The predicted molar refractivity (Wildman–Crippen MR) is 82.2 cm³/mol. The molecule has 0 heterocycles. The van der Waals surface area contributed by atoms with Gasteiger partial charge >= 0.3 is 11.9 Å². The molecule has 0 saturated heterocycles. The lowest BCUT2D eigenvalue weighted by Crippen LogP contribution is -2.52. The van der Waals surface area contributed by atoms with Crippen LogP contribution >= 0.6 is 0 Å². The summed E-state index contributed by atoms with van der Waals surface area (Å²) in [5.74, 6) is -4.24. The molecule has 0 bridgehead atoms. The van der Waals surface area contributed by atoms with E-state index in [9.17, 15) is 19.2 Å². The minimum atomic E-state index is -1.89. The Kier molecular flexibility index (Phi) is 7.37. The third-order valence-electron chi connectivity index (χ3n) is 3.03. The number of benzene rings is 1. The quantitative estimate of drug-likeness (QED) is 0.328.